The Balaban J connectivity index is 1.66. The van der Waals surface area contributed by atoms with Gasteiger partial charge in [-0.1, -0.05) is 6.42 Å². The number of likely N-dealkylation sites (tertiary alicyclic amines) is 1. The first-order chi connectivity index (χ1) is 8.66. The molecule has 18 heavy (non-hydrogen) atoms. The fraction of sp³-hybridized carbons (Fsp3) is 0.846. The van der Waals surface area contributed by atoms with E-state index in [9.17, 15) is 9.59 Å². The number of carbonyl (C=O) groups is 2. The first-order valence-corrected chi connectivity index (χ1v) is 6.97. The topological polar surface area (TPSA) is 75.4 Å². The zero-order chi connectivity index (χ0) is 13.0. The van der Waals surface area contributed by atoms with Crippen LogP contribution in [0.2, 0.25) is 0 Å². The molecule has 1 saturated heterocycles. The van der Waals surface area contributed by atoms with Crippen molar-refractivity contribution in [2.75, 3.05) is 19.6 Å². The van der Waals surface area contributed by atoms with Crippen molar-refractivity contribution in [3.05, 3.63) is 0 Å². The molecular weight excluding hydrogens is 230 g/mol. The van der Waals surface area contributed by atoms with Crippen molar-refractivity contribution in [3.8, 4) is 0 Å². The number of nitrogens with two attached hydrogens (primary N) is 1. The summed E-state index contributed by atoms with van der Waals surface area (Å²) in [5, 5.41) is 2.72. The molecule has 0 aromatic heterocycles. The van der Waals surface area contributed by atoms with Crippen LogP contribution in [0.25, 0.3) is 0 Å². The number of amides is 2. The van der Waals surface area contributed by atoms with Crippen LogP contribution in [0.5, 0.6) is 0 Å². The van der Waals surface area contributed by atoms with Crippen LogP contribution < -0.4 is 11.1 Å². The summed E-state index contributed by atoms with van der Waals surface area (Å²) in [6, 6.07) is 0.157. The van der Waals surface area contributed by atoms with E-state index < -0.39 is 0 Å². The van der Waals surface area contributed by atoms with Crippen molar-refractivity contribution in [2.24, 2.45) is 11.7 Å². The molecule has 2 atom stereocenters. The van der Waals surface area contributed by atoms with Gasteiger partial charge in [0.1, 0.15) is 0 Å². The highest BCUT2D eigenvalue weighted by Crippen LogP contribution is 2.26. The van der Waals surface area contributed by atoms with Crippen LogP contribution in [0.4, 0.5) is 0 Å². The number of carbonyl (C=O) groups excluding carboxylic acids is 2. The Labute approximate surface area is 108 Å². The smallest absolute Gasteiger partial charge is 0.241 e. The molecule has 5 nitrogen and oxygen atoms in total. The molecule has 0 radical (unpaired) electrons. The van der Waals surface area contributed by atoms with Crippen molar-refractivity contribution < 1.29 is 9.59 Å². The van der Waals surface area contributed by atoms with E-state index in [0.717, 1.165) is 45.2 Å². The molecule has 5 heteroatoms. The molecule has 0 aromatic carbocycles. The SMILES string of the molecule is N[C@@H]1CCC[C@H]1CC(=O)NCC(=O)N1CCCC1. The van der Waals surface area contributed by atoms with E-state index >= 15 is 0 Å². The van der Waals surface area contributed by atoms with Crippen LogP contribution >= 0.6 is 0 Å². The monoisotopic (exact) mass is 253 g/mol. The third-order valence-electron chi connectivity index (χ3n) is 4.06. The minimum Gasteiger partial charge on any atom is -0.347 e. The molecule has 2 aliphatic rings. The third kappa shape index (κ3) is 3.45. The number of nitrogens with zero attached hydrogens (tertiary/aromatic N) is 1. The second-order valence-corrected chi connectivity index (χ2v) is 5.42. The standard InChI is InChI=1S/C13H23N3O2/c14-11-5-3-4-10(11)8-12(17)15-9-13(18)16-6-1-2-7-16/h10-11H,1-9,14H2,(H,15,17)/t10-,11+/m0/s1. The van der Waals surface area contributed by atoms with Gasteiger partial charge in [0.25, 0.3) is 0 Å². The van der Waals surface area contributed by atoms with Crippen molar-refractivity contribution >= 4 is 11.8 Å². The zero-order valence-electron chi connectivity index (χ0n) is 10.9. The third-order valence-corrected chi connectivity index (χ3v) is 4.06. The molecule has 3 N–H and O–H groups in total. The molecule has 2 rings (SSSR count). The first-order valence-electron chi connectivity index (χ1n) is 6.97. The zero-order valence-corrected chi connectivity index (χ0v) is 10.9. The Morgan fingerprint density at radius 1 is 1.17 bits per heavy atom. The Morgan fingerprint density at radius 2 is 1.89 bits per heavy atom. The first kappa shape index (κ1) is 13.3. The number of rotatable bonds is 4. The summed E-state index contributed by atoms with van der Waals surface area (Å²) in [7, 11) is 0. The van der Waals surface area contributed by atoms with Crippen molar-refractivity contribution in [1.82, 2.24) is 10.2 Å². The van der Waals surface area contributed by atoms with Gasteiger partial charge in [0.15, 0.2) is 0 Å². The quantitative estimate of drug-likeness (QED) is 0.753. The average molecular weight is 253 g/mol. The average Bonchev–Trinajstić information content (AvgIpc) is 2.99. The summed E-state index contributed by atoms with van der Waals surface area (Å²) in [6.07, 6.45) is 5.80. The van der Waals surface area contributed by atoms with Crippen LogP contribution in [-0.4, -0.2) is 42.4 Å². The normalized spacial score (nSPS) is 27.5. The molecular formula is C13H23N3O2. The summed E-state index contributed by atoms with van der Waals surface area (Å²) < 4.78 is 0. The van der Waals surface area contributed by atoms with Crippen LogP contribution in [0.1, 0.15) is 38.5 Å². The summed E-state index contributed by atoms with van der Waals surface area (Å²) >= 11 is 0. The van der Waals surface area contributed by atoms with E-state index in [0.29, 0.717) is 12.3 Å². The van der Waals surface area contributed by atoms with Gasteiger partial charge < -0.3 is 16.0 Å². The van der Waals surface area contributed by atoms with E-state index in [4.69, 9.17) is 5.73 Å². The molecule has 0 bridgehead atoms. The maximum absolute atomic E-state index is 11.7. The van der Waals surface area contributed by atoms with Gasteiger partial charge in [-0.25, -0.2) is 0 Å². The van der Waals surface area contributed by atoms with Crippen LogP contribution in [-0.2, 0) is 9.59 Å². The van der Waals surface area contributed by atoms with Gasteiger partial charge in [0.2, 0.25) is 11.8 Å². The Morgan fingerprint density at radius 3 is 2.50 bits per heavy atom. The van der Waals surface area contributed by atoms with Crippen molar-refractivity contribution in [1.29, 1.82) is 0 Å². The van der Waals surface area contributed by atoms with Crippen molar-refractivity contribution in [2.45, 2.75) is 44.6 Å². The van der Waals surface area contributed by atoms with Gasteiger partial charge in [-0.15, -0.1) is 0 Å². The summed E-state index contributed by atoms with van der Waals surface area (Å²) in [4.78, 5) is 25.3. The number of nitrogens with one attached hydrogen (secondary N) is 1. The summed E-state index contributed by atoms with van der Waals surface area (Å²) in [5.74, 6) is 0.299. The predicted molar refractivity (Wildman–Crippen MR) is 68.8 cm³/mol. The minimum atomic E-state index is -0.0371. The Hall–Kier alpha value is -1.10. The van der Waals surface area contributed by atoms with E-state index in [1.165, 1.54) is 0 Å². The lowest BCUT2D eigenvalue weighted by molar-refractivity contribution is -0.132. The molecule has 0 spiro atoms. The van der Waals surface area contributed by atoms with Gasteiger partial charge in [-0.2, -0.15) is 0 Å². The molecule has 1 heterocycles. The van der Waals surface area contributed by atoms with E-state index in [2.05, 4.69) is 5.32 Å². The highest BCUT2D eigenvalue weighted by Gasteiger charge is 2.26. The lowest BCUT2D eigenvalue weighted by Crippen LogP contribution is -2.39. The molecule has 1 aliphatic heterocycles. The fourth-order valence-corrected chi connectivity index (χ4v) is 2.88. The van der Waals surface area contributed by atoms with Crippen LogP contribution in [0, 0.1) is 5.92 Å². The molecule has 1 aliphatic carbocycles. The van der Waals surface area contributed by atoms with Crippen LogP contribution in [0.3, 0.4) is 0 Å². The molecule has 0 aromatic rings. The van der Waals surface area contributed by atoms with Gasteiger partial charge in [-0.3, -0.25) is 9.59 Å². The second-order valence-electron chi connectivity index (χ2n) is 5.42. The van der Waals surface area contributed by atoms with Gasteiger partial charge in [-0.05, 0) is 31.6 Å². The molecule has 1 saturated carbocycles. The predicted octanol–water partition coefficient (Wildman–Crippen LogP) is 0.243. The lowest BCUT2D eigenvalue weighted by atomic mass is 10.00. The highest BCUT2D eigenvalue weighted by atomic mass is 16.2. The van der Waals surface area contributed by atoms with Gasteiger partial charge >= 0.3 is 0 Å². The lowest BCUT2D eigenvalue weighted by Gasteiger charge is -2.17. The van der Waals surface area contributed by atoms with Crippen LogP contribution in [0.15, 0.2) is 0 Å². The summed E-state index contributed by atoms with van der Waals surface area (Å²) in [6.45, 7) is 1.81. The van der Waals surface area contributed by atoms with E-state index in [-0.39, 0.29) is 24.4 Å². The maximum Gasteiger partial charge on any atom is 0.241 e. The molecule has 2 amide bonds. The largest absolute Gasteiger partial charge is 0.347 e. The van der Waals surface area contributed by atoms with E-state index in [1.807, 2.05) is 4.90 Å². The Bertz CT molecular complexity index is 313. The fourth-order valence-electron chi connectivity index (χ4n) is 2.88. The summed E-state index contributed by atoms with van der Waals surface area (Å²) in [5.41, 5.74) is 5.93. The Kier molecular flexibility index (Phi) is 4.58. The molecule has 0 unspecified atom stereocenters. The van der Waals surface area contributed by atoms with Gasteiger partial charge in [0, 0.05) is 25.6 Å². The maximum atomic E-state index is 11.7. The van der Waals surface area contributed by atoms with E-state index in [1.54, 1.807) is 0 Å². The van der Waals surface area contributed by atoms with Crippen molar-refractivity contribution in [3.63, 3.8) is 0 Å². The minimum absolute atomic E-state index is 0.0371. The highest BCUT2D eigenvalue weighted by molar-refractivity contribution is 5.84. The number of hydrogen-bond acceptors (Lipinski definition) is 3. The molecule has 2 fully saturated rings. The van der Waals surface area contributed by atoms with Gasteiger partial charge in [0.05, 0.1) is 6.54 Å². The molecule has 102 valence electrons. The number of hydrogen-bond donors (Lipinski definition) is 2. The second kappa shape index (κ2) is 6.18.